The zero-order valence-corrected chi connectivity index (χ0v) is 6.21. The molecule has 1 saturated carbocycles. The molecular weight excluding hydrogens is 130 g/mol. The maximum atomic E-state index is 9.26. The van der Waals surface area contributed by atoms with Crippen molar-refractivity contribution >= 4 is 0 Å². The Morgan fingerprint density at radius 2 is 2.20 bits per heavy atom. The van der Waals surface area contributed by atoms with Crippen molar-refractivity contribution in [3.8, 4) is 0 Å². The summed E-state index contributed by atoms with van der Waals surface area (Å²) in [6.45, 7) is 0.714. The number of ether oxygens (including phenoxy) is 1. The summed E-state index contributed by atoms with van der Waals surface area (Å²) in [6, 6.07) is 0. The Balaban J connectivity index is 2.07. The molecule has 1 aliphatic carbocycles. The van der Waals surface area contributed by atoms with E-state index in [9.17, 15) is 5.11 Å². The second-order valence-corrected chi connectivity index (χ2v) is 3.28. The van der Waals surface area contributed by atoms with Gasteiger partial charge in [-0.05, 0) is 26.3 Å². The van der Waals surface area contributed by atoms with Gasteiger partial charge in [-0.1, -0.05) is 0 Å². The molecule has 1 spiro atoms. The van der Waals surface area contributed by atoms with Crippen LogP contribution in [0.5, 0.6) is 0 Å². The van der Waals surface area contributed by atoms with Gasteiger partial charge in [-0.2, -0.15) is 0 Å². The number of aliphatic hydroxyl groups excluding tert-OH is 1. The average molecular weight is 143 g/mol. The van der Waals surface area contributed by atoms with Gasteiger partial charge in [0, 0.05) is 5.54 Å². The highest BCUT2D eigenvalue weighted by Crippen LogP contribution is 2.46. The molecule has 1 aliphatic heterocycles. The quantitative estimate of drug-likeness (QED) is 0.524. The largest absolute Gasteiger partial charge is 0.356 e. The minimum atomic E-state index is -0.656. The fourth-order valence-corrected chi connectivity index (χ4v) is 1.62. The van der Waals surface area contributed by atoms with E-state index in [2.05, 4.69) is 0 Å². The summed E-state index contributed by atoms with van der Waals surface area (Å²) in [5.41, 5.74) is 0.317. The normalized spacial score (nSPS) is 38.4. The number of rotatable bonds is 0. The van der Waals surface area contributed by atoms with Crippen LogP contribution in [0.1, 0.15) is 19.3 Å². The second kappa shape index (κ2) is 1.94. The molecule has 0 aromatic heterocycles. The van der Waals surface area contributed by atoms with Gasteiger partial charge in [-0.3, -0.25) is 4.90 Å². The molecule has 2 fully saturated rings. The molecular formula is C7H13NO2. The van der Waals surface area contributed by atoms with Gasteiger partial charge in [-0.25, -0.2) is 0 Å². The summed E-state index contributed by atoms with van der Waals surface area (Å²) in [6.07, 6.45) is 2.88. The van der Waals surface area contributed by atoms with Crippen molar-refractivity contribution in [1.82, 2.24) is 4.90 Å². The molecule has 0 amide bonds. The lowest BCUT2D eigenvalue weighted by Crippen LogP contribution is -2.48. The van der Waals surface area contributed by atoms with Crippen molar-refractivity contribution in [2.45, 2.75) is 31.2 Å². The van der Waals surface area contributed by atoms with E-state index in [0.29, 0.717) is 12.1 Å². The Morgan fingerprint density at radius 3 is 2.70 bits per heavy atom. The third-order valence-corrected chi connectivity index (χ3v) is 2.74. The third-order valence-electron chi connectivity index (χ3n) is 2.74. The number of nitrogens with zero attached hydrogens (tertiary/aromatic N) is 1. The average Bonchev–Trinajstić information content (AvgIpc) is 2.65. The van der Waals surface area contributed by atoms with Crippen LogP contribution in [0.4, 0.5) is 0 Å². The first kappa shape index (κ1) is 6.58. The van der Waals surface area contributed by atoms with Crippen LogP contribution in [-0.2, 0) is 4.74 Å². The van der Waals surface area contributed by atoms with Gasteiger partial charge < -0.3 is 9.84 Å². The molecule has 1 N–H and O–H groups in total. The lowest BCUT2D eigenvalue weighted by molar-refractivity contribution is -0.231. The SMILES string of the molecule is CN1C(O)OCCC12CC2. The maximum absolute atomic E-state index is 9.26. The highest BCUT2D eigenvalue weighted by molar-refractivity contribution is 5.03. The van der Waals surface area contributed by atoms with Crippen LogP contribution >= 0.6 is 0 Å². The molecule has 3 nitrogen and oxygen atoms in total. The van der Waals surface area contributed by atoms with E-state index < -0.39 is 6.41 Å². The van der Waals surface area contributed by atoms with Crippen LogP contribution in [0.3, 0.4) is 0 Å². The Hall–Kier alpha value is -0.120. The van der Waals surface area contributed by atoms with Gasteiger partial charge in [0.25, 0.3) is 0 Å². The predicted molar refractivity (Wildman–Crippen MR) is 36.3 cm³/mol. The first-order valence-corrected chi connectivity index (χ1v) is 3.77. The maximum Gasteiger partial charge on any atom is 0.216 e. The van der Waals surface area contributed by atoms with Gasteiger partial charge in [0.1, 0.15) is 0 Å². The van der Waals surface area contributed by atoms with Crippen molar-refractivity contribution in [2.24, 2.45) is 0 Å². The molecule has 3 heteroatoms. The standard InChI is InChI=1S/C7H13NO2/c1-8-6(9)10-5-4-7(8)2-3-7/h6,9H,2-5H2,1H3. The van der Waals surface area contributed by atoms with Crippen molar-refractivity contribution in [3.05, 3.63) is 0 Å². The molecule has 1 unspecified atom stereocenters. The van der Waals surface area contributed by atoms with Gasteiger partial charge in [-0.15, -0.1) is 0 Å². The molecule has 0 bridgehead atoms. The third kappa shape index (κ3) is 0.779. The minimum Gasteiger partial charge on any atom is -0.356 e. The summed E-state index contributed by atoms with van der Waals surface area (Å²) in [5.74, 6) is 0. The summed E-state index contributed by atoms with van der Waals surface area (Å²) < 4.78 is 5.05. The molecule has 0 aromatic carbocycles. The van der Waals surface area contributed by atoms with E-state index in [4.69, 9.17) is 4.74 Å². The molecule has 1 saturated heterocycles. The summed E-state index contributed by atoms with van der Waals surface area (Å²) >= 11 is 0. The van der Waals surface area contributed by atoms with Crippen LogP contribution in [-0.4, -0.2) is 35.6 Å². The van der Waals surface area contributed by atoms with Gasteiger partial charge in [0.15, 0.2) is 0 Å². The van der Waals surface area contributed by atoms with E-state index >= 15 is 0 Å². The van der Waals surface area contributed by atoms with E-state index in [1.165, 1.54) is 12.8 Å². The van der Waals surface area contributed by atoms with Crippen molar-refractivity contribution in [2.75, 3.05) is 13.7 Å². The lowest BCUT2D eigenvalue weighted by atomic mass is 10.1. The van der Waals surface area contributed by atoms with Crippen molar-refractivity contribution in [1.29, 1.82) is 0 Å². The number of hydrogen-bond donors (Lipinski definition) is 1. The Labute approximate surface area is 60.6 Å². The van der Waals surface area contributed by atoms with Crippen molar-refractivity contribution in [3.63, 3.8) is 0 Å². The van der Waals surface area contributed by atoms with Crippen LogP contribution in [0.25, 0.3) is 0 Å². The Bertz CT molecular complexity index is 145. The predicted octanol–water partition coefficient (Wildman–Crippen LogP) is 0.147. The van der Waals surface area contributed by atoms with Crippen LogP contribution < -0.4 is 0 Å². The fourth-order valence-electron chi connectivity index (χ4n) is 1.62. The molecule has 58 valence electrons. The Morgan fingerprint density at radius 1 is 1.50 bits per heavy atom. The highest BCUT2D eigenvalue weighted by atomic mass is 16.6. The van der Waals surface area contributed by atoms with Crippen LogP contribution in [0.2, 0.25) is 0 Å². The van der Waals surface area contributed by atoms with E-state index in [-0.39, 0.29) is 0 Å². The molecule has 1 atom stereocenters. The summed E-state index contributed by atoms with van der Waals surface area (Å²) in [7, 11) is 1.93. The molecule has 2 rings (SSSR count). The molecule has 0 radical (unpaired) electrons. The monoisotopic (exact) mass is 143 g/mol. The molecule has 10 heavy (non-hydrogen) atoms. The Kier molecular flexibility index (Phi) is 1.27. The highest BCUT2D eigenvalue weighted by Gasteiger charge is 2.50. The van der Waals surface area contributed by atoms with Crippen LogP contribution in [0.15, 0.2) is 0 Å². The van der Waals surface area contributed by atoms with Gasteiger partial charge in [0.2, 0.25) is 6.41 Å². The smallest absolute Gasteiger partial charge is 0.216 e. The topological polar surface area (TPSA) is 32.7 Å². The molecule has 1 heterocycles. The first-order chi connectivity index (χ1) is 4.75. The minimum absolute atomic E-state index is 0.317. The lowest BCUT2D eigenvalue weighted by Gasteiger charge is -2.36. The van der Waals surface area contributed by atoms with Crippen molar-refractivity contribution < 1.29 is 9.84 Å². The molecule has 2 aliphatic rings. The molecule has 0 aromatic rings. The van der Waals surface area contributed by atoms with Crippen LogP contribution in [0, 0.1) is 0 Å². The summed E-state index contributed by atoms with van der Waals surface area (Å²) in [5, 5.41) is 9.26. The van der Waals surface area contributed by atoms with E-state index in [1.807, 2.05) is 11.9 Å². The summed E-state index contributed by atoms with van der Waals surface area (Å²) in [4.78, 5) is 1.94. The zero-order valence-electron chi connectivity index (χ0n) is 6.21. The van der Waals surface area contributed by atoms with Gasteiger partial charge in [0.05, 0.1) is 6.61 Å². The van der Waals surface area contributed by atoms with E-state index in [1.54, 1.807) is 0 Å². The first-order valence-electron chi connectivity index (χ1n) is 3.77. The second-order valence-electron chi connectivity index (χ2n) is 3.28. The fraction of sp³-hybridized carbons (Fsp3) is 1.00. The number of hydrogen-bond acceptors (Lipinski definition) is 3. The van der Waals surface area contributed by atoms with E-state index in [0.717, 1.165) is 6.42 Å². The zero-order chi connectivity index (χ0) is 7.19. The van der Waals surface area contributed by atoms with Gasteiger partial charge >= 0.3 is 0 Å². The number of aliphatic hydroxyl groups is 1.